The van der Waals surface area contributed by atoms with Gasteiger partial charge < -0.3 is 9.84 Å². The number of methoxy groups -OCH3 is 1. The highest BCUT2D eigenvalue weighted by Crippen LogP contribution is 1.96. The SMILES string of the molecule is C=CC[C@H](O)CCOC. The highest BCUT2D eigenvalue weighted by molar-refractivity contribution is 4.71. The zero-order valence-corrected chi connectivity index (χ0v) is 5.84. The Morgan fingerprint density at radius 2 is 2.44 bits per heavy atom. The summed E-state index contributed by atoms with van der Waals surface area (Å²) < 4.78 is 4.76. The molecule has 2 heteroatoms. The second kappa shape index (κ2) is 5.79. The van der Waals surface area contributed by atoms with Gasteiger partial charge in [-0.25, -0.2) is 0 Å². The Kier molecular flexibility index (Phi) is 5.57. The zero-order chi connectivity index (χ0) is 7.11. The lowest BCUT2D eigenvalue weighted by Crippen LogP contribution is -2.07. The normalized spacial score (nSPS) is 13.1. The fourth-order valence-electron chi connectivity index (χ4n) is 0.564. The van der Waals surface area contributed by atoms with E-state index in [4.69, 9.17) is 9.84 Å². The van der Waals surface area contributed by atoms with E-state index in [2.05, 4.69) is 6.58 Å². The van der Waals surface area contributed by atoms with Crippen molar-refractivity contribution in [3.05, 3.63) is 12.7 Å². The Morgan fingerprint density at radius 1 is 1.78 bits per heavy atom. The van der Waals surface area contributed by atoms with Crippen molar-refractivity contribution in [2.45, 2.75) is 18.9 Å². The van der Waals surface area contributed by atoms with E-state index in [-0.39, 0.29) is 6.10 Å². The summed E-state index contributed by atoms with van der Waals surface area (Å²) in [5.41, 5.74) is 0. The van der Waals surface area contributed by atoms with Crippen LogP contribution in [0.3, 0.4) is 0 Å². The molecule has 0 unspecified atom stereocenters. The number of aliphatic hydroxyl groups is 1. The first-order valence-electron chi connectivity index (χ1n) is 3.09. The van der Waals surface area contributed by atoms with Crippen LogP contribution in [0.5, 0.6) is 0 Å². The van der Waals surface area contributed by atoms with Crippen molar-refractivity contribution >= 4 is 0 Å². The van der Waals surface area contributed by atoms with Crippen LogP contribution in [-0.2, 0) is 4.74 Å². The van der Waals surface area contributed by atoms with E-state index in [1.165, 1.54) is 0 Å². The van der Waals surface area contributed by atoms with Gasteiger partial charge in [0.25, 0.3) is 0 Å². The molecule has 0 aromatic carbocycles. The van der Waals surface area contributed by atoms with E-state index in [0.29, 0.717) is 19.4 Å². The molecule has 0 aromatic heterocycles. The van der Waals surface area contributed by atoms with Gasteiger partial charge in [-0.2, -0.15) is 0 Å². The monoisotopic (exact) mass is 130 g/mol. The van der Waals surface area contributed by atoms with Crippen LogP contribution in [0.25, 0.3) is 0 Å². The summed E-state index contributed by atoms with van der Waals surface area (Å²) in [4.78, 5) is 0. The Balaban J connectivity index is 3.04. The predicted molar refractivity (Wildman–Crippen MR) is 37.3 cm³/mol. The largest absolute Gasteiger partial charge is 0.393 e. The number of hydrogen-bond acceptors (Lipinski definition) is 2. The van der Waals surface area contributed by atoms with Gasteiger partial charge in [0.2, 0.25) is 0 Å². The lowest BCUT2D eigenvalue weighted by molar-refractivity contribution is 0.112. The van der Waals surface area contributed by atoms with Crippen LogP contribution in [0.2, 0.25) is 0 Å². The molecule has 0 aromatic rings. The number of aliphatic hydroxyl groups excluding tert-OH is 1. The Labute approximate surface area is 56.1 Å². The van der Waals surface area contributed by atoms with Crippen LogP contribution in [0.4, 0.5) is 0 Å². The van der Waals surface area contributed by atoms with Crippen LogP contribution in [0.1, 0.15) is 12.8 Å². The van der Waals surface area contributed by atoms with Crippen molar-refractivity contribution < 1.29 is 9.84 Å². The molecule has 0 fully saturated rings. The Bertz CT molecular complexity index is 71.3. The van der Waals surface area contributed by atoms with Crippen LogP contribution < -0.4 is 0 Å². The maximum absolute atomic E-state index is 9.03. The van der Waals surface area contributed by atoms with Gasteiger partial charge in [0.05, 0.1) is 6.10 Å². The second-order valence-electron chi connectivity index (χ2n) is 1.96. The first-order valence-corrected chi connectivity index (χ1v) is 3.09. The van der Waals surface area contributed by atoms with Gasteiger partial charge in [-0.1, -0.05) is 6.08 Å². The predicted octanol–water partition coefficient (Wildman–Crippen LogP) is 0.960. The van der Waals surface area contributed by atoms with Gasteiger partial charge in [-0.3, -0.25) is 0 Å². The minimum atomic E-state index is -0.276. The maximum atomic E-state index is 9.03. The molecule has 0 radical (unpaired) electrons. The van der Waals surface area contributed by atoms with Crippen molar-refractivity contribution in [2.24, 2.45) is 0 Å². The van der Waals surface area contributed by atoms with E-state index in [9.17, 15) is 0 Å². The summed E-state index contributed by atoms with van der Waals surface area (Å²) in [6, 6.07) is 0. The number of ether oxygens (including phenoxy) is 1. The van der Waals surface area contributed by atoms with Crippen molar-refractivity contribution in [3.8, 4) is 0 Å². The molecule has 1 atom stereocenters. The number of rotatable bonds is 5. The molecule has 0 aliphatic rings. The minimum absolute atomic E-state index is 0.276. The first-order chi connectivity index (χ1) is 4.31. The molecular weight excluding hydrogens is 116 g/mol. The van der Waals surface area contributed by atoms with E-state index in [1.54, 1.807) is 13.2 Å². The molecule has 0 bridgehead atoms. The Hall–Kier alpha value is -0.340. The molecule has 0 heterocycles. The lowest BCUT2D eigenvalue weighted by Gasteiger charge is -2.04. The van der Waals surface area contributed by atoms with Crippen molar-refractivity contribution in [1.29, 1.82) is 0 Å². The molecular formula is C7H14O2. The van der Waals surface area contributed by atoms with Crippen molar-refractivity contribution in [2.75, 3.05) is 13.7 Å². The third-order valence-electron chi connectivity index (χ3n) is 1.09. The van der Waals surface area contributed by atoms with Gasteiger partial charge in [-0.05, 0) is 12.8 Å². The summed E-state index contributed by atoms with van der Waals surface area (Å²) in [7, 11) is 1.63. The number of hydrogen-bond donors (Lipinski definition) is 1. The average molecular weight is 130 g/mol. The highest BCUT2D eigenvalue weighted by Gasteiger charge is 1.98. The average Bonchev–Trinajstić information content (AvgIpc) is 1.85. The summed E-state index contributed by atoms with van der Waals surface area (Å²) >= 11 is 0. The Morgan fingerprint density at radius 3 is 2.89 bits per heavy atom. The summed E-state index contributed by atoms with van der Waals surface area (Å²) in [6.07, 6.45) is 2.79. The highest BCUT2D eigenvalue weighted by atomic mass is 16.5. The topological polar surface area (TPSA) is 29.5 Å². The van der Waals surface area contributed by atoms with Gasteiger partial charge in [-0.15, -0.1) is 6.58 Å². The summed E-state index contributed by atoms with van der Waals surface area (Å²) in [5, 5.41) is 9.03. The van der Waals surface area contributed by atoms with Gasteiger partial charge >= 0.3 is 0 Å². The standard InChI is InChI=1S/C7H14O2/c1-3-4-7(8)5-6-9-2/h3,7-8H,1,4-6H2,2H3/t7-/m0/s1. The molecule has 9 heavy (non-hydrogen) atoms. The molecule has 0 aliphatic heterocycles. The van der Waals surface area contributed by atoms with Crippen molar-refractivity contribution in [3.63, 3.8) is 0 Å². The van der Waals surface area contributed by atoms with E-state index >= 15 is 0 Å². The molecule has 0 rings (SSSR count). The molecule has 0 spiro atoms. The molecule has 0 saturated heterocycles. The molecule has 54 valence electrons. The van der Waals surface area contributed by atoms with Crippen molar-refractivity contribution in [1.82, 2.24) is 0 Å². The van der Waals surface area contributed by atoms with Crippen LogP contribution in [-0.4, -0.2) is 24.9 Å². The van der Waals surface area contributed by atoms with E-state index in [0.717, 1.165) is 0 Å². The second-order valence-corrected chi connectivity index (χ2v) is 1.96. The lowest BCUT2D eigenvalue weighted by atomic mass is 10.2. The van der Waals surface area contributed by atoms with Gasteiger partial charge in [0.1, 0.15) is 0 Å². The fourth-order valence-corrected chi connectivity index (χ4v) is 0.564. The molecule has 2 nitrogen and oxygen atoms in total. The summed E-state index contributed by atoms with van der Waals surface area (Å²) in [5.74, 6) is 0. The van der Waals surface area contributed by atoms with Crippen LogP contribution in [0.15, 0.2) is 12.7 Å². The summed E-state index contributed by atoms with van der Waals surface area (Å²) in [6.45, 7) is 4.13. The quantitative estimate of drug-likeness (QED) is 0.562. The molecule has 0 aliphatic carbocycles. The fraction of sp³-hybridized carbons (Fsp3) is 0.714. The minimum Gasteiger partial charge on any atom is -0.393 e. The smallest absolute Gasteiger partial charge is 0.0596 e. The van der Waals surface area contributed by atoms with E-state index in [1.807, 2.05) is 0 Å². The molecule has 0 amide bonds. The van der Waals surface area contributed by atoms with Crippen LogP contribution in [0, 0.1) is 0 Å². The maximum Gasteiger partial charge on any atom is 0.0596 e. The molecule has 0 saturated carbocycles. The van der Waals surface area contributed by atoms with E-state index < -0.39 is 0 Å². The van der Waals surface area contributed by atoms with Gasteiger partial charge in [0.15, 0.2) is 0 Å². The first kappa shape index (κ1) is 8.66. The molecule has 1 N–H and O–H groups in total. The third-order valence-corrected chi connectivity index (χ3v) is 1.09. The van der Waals surface area contributed by atoms with Gasteiger partial charge in [0, 0.05) is 13.7 Å². The van der Waals surface area contributed by atoms with Crippen LogP contribution >= 0.6 is 0 Å². The zero-order valence-electron chi connectivity index (χ0n) is 5.84. The third kappa shape index (κ3) is 5.53.